The number of carbonyl (C=O) groups is 2. The third-order valence-corrected chi connectivity index (χ3v) is 9.13. The number of hydrogen-bond donors (Lipinski definition) is 1. The van der Waals surface area contributed by atoms with E-state index in [1.165, 1.54) is 24.1 Å². The van der Waals surface area contributed by atoms with Gasteiger partial charge in [-0.2, -0.15) is 0 Å². The smallest absolute Gasteiger partial charge is 0.264 e. The average Bonchev–Trinajstić information content (AvgIpc) is 3.02. The van der Waals surface area contributed by atoms with Crippen molar-refractivity contribution in [1.82, 2.24) is 10.2 Å². The van der Waals surface area contributed by atoms with Crippen molar-refractivity contribution in [1.29, 1.82) is 0 Å². The van der Waals surface area contributed by atoms with Crippen LogP contribution in [-0.4, -0.2) is 50.9 Å². The van der Waals surface area contributed by atoms with E-state index in [9.17, 15) is 18.0 Å². The highest BCUT2D eigenvalue weighted by Crippen LogP contribution is 2.27. The molecular formula is C34H36ClN3O5S. The molecule has 2 amide bonds. The van der Waals surface area contributed by atoms with Crippen molar-refractivity contribution in [3.63, 3.8) is 0 Å². The maximum Gasteiger partial charge on any atom is 0.264 e. The topological polar surface area (TPSA) is 96.0 Å². The number of benzene rings is 4. The zero-order valence-corrected chi connectivity index (χ0v) is 26.5. The van der Waals surface area contributed by atoms with Crippen molar-refractivity contribution in [2.45, 2.75) is 43.8 Å². The Balaban J connectivity index is 1.79. The third kappa shape index (κ3) is 8.18. The maximum atomic E-state index is 14.4. The second-order valence-corrected chi connectivity index (χ2v) is 12.8. The number of hydrogen-bond acceptors (Lipinski definition) is 5. The van der Waals surface area contributed by atoms with E-state index in [2.05, 4.69) is 5.32 Å². The standard InChI is InChI=1S/C34H36ClN3O5S/c1-25(2)36-34(40)32(22-26-12-6-4-7-13-26)37(23-27-14-10-11-17-31(27)35)33(39)24-38(28-15-8-5-9-16-28)44(41,42)30-20-18-29(43-3)19-21-30/h4-21,25,32H,22-24H2,1-3H3,(H,36,40)/t32-/m0/s1. The van der Waals surface area contributed by atoms with Crippen molar-refractivity contribution >= 4 is 39.1 Å². The van der Waals surface area contributed by atoms with Gasteiger partial charge in [-0.3, -0.25) is 13.9 Å². The molecule has 1 N–H and O–H groups in total. The summed E-state index contributed by atoms with van der Waals surface area (Å²) < 4.78 is 34.4. The van der Waals surface area contributed by atoms with E-state index in [0.29, 0.717) is 22.0 Å². The molecule has 10 heteroatoms. The number of ether oxygens (including phenoxy) is 1. The fourth-order valence-electron chi connectivity index (χ4n) is 4.74. The van der Waals surface area contributed by atoms with Crippen LogP contribution < -0.4 is 14.4 Å². The molecule has 44 heavy (non-hydrogen) atoms. The Morgan fingerprint density at radius 1 is 0.841 bits per heavy atom. The minimum absolute atomic E-state index is 0.00721. The molecule has 0 aliphatic rings. The maximum absolute atomic E-state index is 14.4. The van der Waals surface area contributed by atoms with Gasteiger partial charge in [0.2, 0.25) is 11.8 Å². The minimum Gasteiger partial charge on any atom is -0.497 e. The summed E-state index contributed by atoms with van der Waals surface area (Å²) in [5.74, 6) is -0.420. The first-order chi connectivity index (χ1) is 21.1. The molecule has 0 aliphatic heterocycles. The lowest BCUT2D eigenvalue weighted by molar-refractivity contribution is -0.140. The molecule has 230 valence electrons. The number of para-hydroxylation sites is 1. The molecule has 0 heterocycles. The van der Waals surface area contributed by atoms with Crippen LogP contribution >= 0.6 is 11.6 Å². The SMILES string of the molecule is COc1ccc(S(=O)(=O)N(CC(=O)N(Cc2ccccc2Cl)[C@@H](Cc2ccccc2)C(=O)NC(C)C)c2ccccc2)cc1. The number of halogens is 1. The Morgan fingerprint density at radius 2 is 1.43 bits per heavy atom. The summed E-state index contributed by atoms with van der Waals surface area (Å²) in [6.45, 7) is 3.13. The molecule has 4 aromatic carbocycles. The zero-order chi connectivity index (χ0) is 31.7. The summed E-state index contributed by atoms with van der Waals surface area (Å²) in [4.78, 5) is 29.6. The summed E-state index contributed by atoms with van der Waals surface area (Å²) >= 11 is 6.53. The van der Waals surface area contributed by atoms with Gasteiger partial charge in [-0.15, -0.1) is 0 Å². The predicted molar refractivity (Wildman–Crippen MR) is 173 cm³/mol. The van der Waals surface area contributed by atoms with Gasteiger partial charge in [-0.05, 0) is 67.4 Å². The first kappa shape index (κ1) is 32.6. The van der Waals surface area contributed by atoms with Crippen molar-refractivity contribution < 1.29 is 22.7 Å². The molecule has 0 aromatic heterocycles. The number of anilines is 1. The zero-order valence-electron chi connectivity index (χ0n) is 24.9. The monoisotopic (exact) mass is 633 g/mol. The van der Waals surface area contributed by atoms with Gasteiger partial charge in [-0.25, -0.2) is 8.42 Å². The first-order valence-corrected chi connectivity index (χ1v) is 16.0. The fraction of sp³-hybridized carbons (Fsp3) is 0.235. The molecule has 1 atom stereocenters. The minimum atomic E-state index is -4.21. The van der Waals surface area contributed by atoms with Crippen LogP contribution in [0.3, 0.4) is 0 Å². The molecule has 0 saturated heterocycles. The first-order valence-electron chi connectivity index (χ1n) is 14.2. The number of nitrogens with one attached hydrogen (secondary N) is 1. The van der Waals surface area contributed by atoms with Crippen LogP contribution in [0.25, 0.3) is 0 Å². The fourth-order valence-corrected chi connectivity index (χ4v) is 6.35. The summed E-state index contributed by atoms with van der Waals surface area (Å²) in [7, 11) is -2.72. The van der Waals surface area contributed by atoms with E-state index in [0.717, 1.165) is 9.87 Å². The Morgan fingerprint density at radius 3 is 2.02 bits per heavy atom. The Hall–Kier alpha value is -4.34. The largest absolute Gasteiger partial charge is 0.497 e. The number of amides is 2. The molecule has 0 aliphatic carbocycles. The molecular weight excluding hydrogens is 598 g/mol. The van der Waals surface area contributed by atoms with E-state index in [-0.39, 0.29) is 29.8 Å². The lowest BCUT2D eigenvalue weighted by Crippen LogP contribution is -2.54. The van der Waals surface area contributed by atoms with Crippen LogP contribution in [0, 0.1) is 0 Å². The summed E-state index contributed by atoms with van der Waals surface area (Å²) in [5.41, 5.74) is 1.78. The van der Waals surface area contributed by atoms with E-state index in [4.69, 9.17) is 16.3 Å². The van der Waals surface area contributed by atoms with Crippen molar-refractivity contribution in [3.05, 3.63) is 125 Å². The molecule has 0 fully saturated rings. The molecule has 0 spiro atoms. The Labute approximate surface area is 264 Å². The lowest BCUT2D eigenvalue weighted by atomic mass is 10.0. The highest BCUT2D eigenvalue weighted by atomic mass is 35.5. The molecule has 0 saturated carbocycles. The van der Waals surface area contributed by atoms with Crippen LogP contribution in [-0.2, 0) is 32.6 Å². The summed E-state index contributed by atoms with van der Waals surface area (Å²) in [6, 6.07) is 29.7. The van der Waals surface area contributed by atoms with Gasteiger partial charge in [0.25, 0.3) is 10.0 Å². The molecule has 4 aromatic rings. The molecule has 0 bridgehead atoms. The van der Waals surface area contributed by atoms with Crippen molar-refractivity contribution in [2.24, 2.45) is 0 Å². The lowest BCUT2D eigenvalue weighted by Gasteiger charge is -2.34. The van der Waals surface area contributed by atoms with E-state index in [1.807, 2.05) is 44.2 Å². The Kier molecular flexibility index (Phi) is 11.0. The second kappa shape index (κ2) is 14.9. The number of rotatable bonds is 13. The Bertz CT molecular complexity index is 1650. The van der Waals surface area contributed by atoms with Gasteiger partial charge in [-0.1, -0.05) is 78.3 Å². The highest BCUT2D eigenvalue weighted by Gasteiger charge is 2.35. The van der Waals surface area contributed by atoms with Crippen LogP contribution in [0.1, 0.15) is 25.0 Å². The summed E-state index contributed by atoms with van der Waals surface area (Å²) in [6.07, 6.45) is 0.214. The molecule has 0 unspecified atom stereocenters. The quantitative estimate of drug-likeness (QED) is 0.204. The van der Waals surface area contributed by atoms with Gasteiger partial charge >= 0.3 is 0 Å². The van der Waals surface area contributed by atoms with Gasteiger partial charge in [0.05, 0.1) is 17.7 Å². The van der Waals surface area contributed by atoms with Crippen LogP contribution in [0.4, 0.5) is 5.69 Å². The third-order valence-electron chi connectivity index (χ3n) is 6.97. The summed E-state index contributed by atoms with van der Waals surface area (Å²) in [5, 5.41) is 3.37. The van der Waals surface area contributed by atoms with E-state index < -0.39 is 28.5 Å². The highest BCUT2D eigenvalue weighted by molar-refractivity contribution is 7.92. The van der Waals surface area contributed by atoms with Crippen LogP contribution in [0.2, 0.25) is 5.02 Å². The molecule has 8 nitrogen and oxygen atoms in total. The van der Waals surface area contributed by atoms with Gasteiger partial charge in [0, 0.05) is 24.0 Å². The number of carbonyl (C=O) groups excluding carboxylic acids is 2. The van der Waals surface area contributed by atoms with Gasteiger partial charge < -0.3 is 15.0 Å². The number of nitrogens with zero attached hydrogens (tertiary/aromatic N) is 2. The van der Waals surface area contributed by atoms with Gasteiger partial charge in [0.1, 0.15) is 18.3 Å². The number of methoxy groups -OCH3 is 1. The van der Waals surface area contributed by atoms with Crippen LogP contribution in [0.5, 0.6) is 5.75 Å². The molecule has 4 rings (SSSR count). The second-order valence-electron chi connectivity index (χ2n) is 10.5. The van der Waals surface area contributed by atoms with E-state index in [1.54, 1.807) is 66.7 Å². The van der Waals surface area contributed by atoms with E-state index >= 15 is 0 Å². The van der Waals surface area contributed by atoms with Gasteiger partial charge in [0.15, 0.2) is 0 Å². The number of sulfonamides is 1. The van der Waals surface area contributed by atoms with Crippen molar-refractivity contribution in [3.8, 4) is 5.75 Å². The predicted octanol–water partition coefficient (Wildman–Crippen LogP) is 5.71. The normalized spacial score (nSPS) is 11.9. The van der Waals surface area contributed by atoms with Crippen molar-refractivity contribution in [2.75, 3.05) is 18.0 Å². The van der Waals surface area contributed by atoms with Crippen LogP contribution in [0.15, 0.2) is 114 Å². The molecule has 0 radical (unpaired) electrons. The average molecular weight is 634 g/mol.